The summed E-state index contributed by atoms with van der Waals surface area (Å²) in [6, 6.07) is 0.448. The van der Waals surface area contributed by atoms with Gasteiger partial charge in [0.05, 0.1) is 13.1 Å². The van der Waals surface area contributed by atoms with Gasteiger partial charge in [-0.2, -0.15) is 0 Å². The molecule has 1 aliphatic carbocycles. The molecule has 0 unspecified atom stereocenters. The van der Waals surface area contributed by atoms with Crippen molar-refractivity contribution in [2.75, 3.05) is 26.7 Å². The van der Waals surface area contributed by atoms with Crippen LogP contribution >= 0.6 is 0 Å². The van der Waals surface area contributed by atoms with Crippen LogP contribution in [0.1, 0.15) is 19.8 Å². The van der Waals surface area contributed by atoms with Gasteiger partial charge in [0.25, 0.3) is 0 Å². The first kappa shape index (κ1) is 12.0. The molecule has 0 bridgehead atoms. The lowest BCUT2D eigenvalue weighted by Gasteiger charge is -2.20. The lowest BCUT2D eigenvalue weighted by Crippen LogP contribution is -2.42. The Kier molecular flexibility index (Phi) is 4.55. The lowest BCUT2D eigenvalue weighted by molar-refractivity contribution is -0.130. The van der Waals surface area contributed by atoms with Gasteiger partial charge < -0.3 is 10.2 Å². The SMILES string of the molecule is CCN(C(=O)CNCC(=O)NC)C1CC1. The highest BCUT2D eigenvalue weighted by Gasteiger charge is 2.30. The van der Waals surface area contributed by atoms with E-state index in [1.165, 1.54) is 0 Å². The molecule has 0 saturated heterocycles. The molecule has 1 saturated carbocycles. The van der Waals surface area contributed by atoms with Crippen molar-refractivity contribution in [3.05, 3.63) is 0 Å². The van der Waals surface area contributed by atoms with Gasteiger partial charge >= 0.3 is 0 Å². The predicted molar refractivity (Wildman–Crippen MR) is 57.3 cm³/mol. The minimum absolute atomic E-state index is 0.0869. The van der Waals surface area contributed by atoms with Crippen molar-refractivity contribution >= 4 is 11.8 Å². The molecule has 0 spiro atoms. The average molecular weight is 213 g/mol. The Bertz CT molecular complexity index is 239. The van der Waals surface area contributed by atoms with E-state index in [1.54, 1.807) is 7.05 Å². The minimum atomic E-state index is -0.0997. The summed E-state index contributed by atoms with van der Waals surface area (Å²) in [7, 11) is 1.58. The number of hydrogen-bond acceptors (Lipinski definition) is 3. The van der Waals surface area contributed by atoms with Crippen molar-refractivity contribution in [1.29, 1.82) is 0 Å². The van der Waals surface area contributed by atoms with Crippen LogP contribution in [0.4, 0.5) is 0 Å². The van der Waals surface area contributed by atoms with Gasteiger partial charge in [0.1, 0.15) is 0 Å². The van der Waals surface area contributed by atoms with Crippen molar-refractivity contribution < 1.29 is 9.59 Å². The zero-order valence-electron chi connectivity index (χ0n) is 9.38. The summed E-state index contributed by atoms with van der Waals surface area (Å²) in [4.78, 5) is 24.4. The smallest absolute Gasteiger partial charge is 0.236 e. The molecule has 2 N–H and O–H groups in total. The van der Waals surface area contributed by atoms with E-state index in [1.807, 2.05) is 11.8 Å². The van der Waals surface area contributed by atoms with Crippen LogP contribution in [-0.2, 0) is 9.59 Å². The van der Waals surface area contributed by atoms with Crippen LogP contribution in [0, 0.1) is 0 Å². The van der Waals surface area contributed by atoms with E-state index in [-0.39, 0.29) is 24.9 Å². The molecule has 1 rings (SSSR count). The summed E-state index contributed by atoms with van der Waals surface area (Å²) < 4.78 is 0. The zero-order chi connectivity index (χ0) is 11.3. The van der Waals surface area contributed by atoms with E-state index in [2.05, 4.69) is 10.6 Å². The summed E-state index contributed by atoms with van der Waals surface area (Å²) in [5.74, 6) is -0.0128. The maximum Gasteiger partial charge on any atom is 0.236 e. The molecule has 0 aromatic carbocycles. The first-order chi connectivity index (χ1) is 7.19. The second kappa shape index (κ2) is 5.70. The van der Waals surface area contributed by atoms with Gasteiger partial charge in [0.2, 0.25) is 11.8 Å². The molecule has 1 fully saturated rings. The Morgan fingerprint density at radius 1 is 1.33 bits per heavy atom. The number of rotatable bonds is 6. The second-order valence-electron chi connectivity index (χ2n) is 3.69. The van der Waals surface area contributed by atoms with Crippen LogP contribution in [-0.4, -0.2) is 49.4 Å². The molecule has 0 radical (unpaired) electrons. The molecule has 5 nitrogen and oxygen atoms in total. The molecule has 0 atom stereocenters. The molecule has 0 aromatic heterocycles. The van der Waals surface area contributed by atoms with E-state index in [0.717, 1.165) is 19.4 Å². The predicted octanol–water partition coefficient (Wildman–Crippen LogP) is -0.667. The average Bonchev–Trinajstić information content (AvgIpc) is 3.03. The Morgan fingerprint density at radius 2 is 2.00 bits per heavy atom. The molecular weight excluding hydrogens is 194 g/mol. The number of likely N-dealkylation sites (N-methyl/N-ethyl adjacent to an activating group) is 2. The van der Waals surface area contributed by atoms with Crippen LogP contribution < -0.4 is 10.6 Å². The number of nitrogens with zero attached hydrogens (tertiary/aromatic N) is 1. The molecule has 15 heavy (non-hydrogen) atoms. The summed E-state index contributed by atoms with van der Waals surface area (Å²) in [5.41, 5.74) is 0. The van der Waals surface area contributed by atoms with Gasteiger partial charge in [-0.05, 0) is 19.8 Å². The van der Waals surface area contributed by atoms with E-state index >= 15 is 0 Å². The molecule has 2 amide bonds. The topological polar surface area (TPSA) is 61.4 Å². The Morgan fingerprint density at radius 3 is 2.47 bits per heavy atom. The highest BCUT2D eigenvalue weighted by molar-refractivity contribution is 5.81. The van der Waals surface area contributed by atoms with E-state index < -0.39 is 0 Å². The number of carbonyl (C=O) groups is 2. The first-order valence-electron chi connectivity index (χ1n) is 5.39. The maximum absolute atomic E-state index is 11.7. The van der Waals surface area contributed by atoms with E-state index in [9.17, 15) is 9.59 Å². The Labute approximate surface area is 90.2 Å². The van der Waals surface area contributed by atoms with Gasteiger partial charge in [-0.3, -0.25) is 14.9 Å². The lowest BCUT2D eigenvalue weighted by atomic mass is 10.4. The summed E-state index contributed by atoms with van der Waals surface area (Å²) in [5, 5.41) is 5.32. The third kappa shape index (κ3) is 3.87. The molecular formula is C10H19N3O2. The summed E-state index contributed by atoms with van der Waals surface area (Å²) >= 11 is 0. The number of hydrogen-bond donors (Lipinski definition) is 2. The summed E-state index contributed by atoms with van der Waals surface area (Å²) in [6.45, 7) is 3.18. The first-order valence-corrected chi connectivity index (χ1v) is 5.39. The van der Waals surface area contributed by atoms with Gasteiger partial charge in [-0.1, -0.05) is 0 Å². The second-order valence-corrected chi connectivity index (χ2v) is 3.69. The highest BCUT2D eigenvalue weighted by atomic mass is 16.2. The van der Waals surface area contributed by atoms with Crippen LogP contribution in [0.2, 0.25) is 0 Å². The maximum atomic E-state index is 11.7. The van der Waals surface area contributed by atoms with Crippen LogP contribution in [0.5, 0.6) is 0 Å². The third-order valence-electron chi connectivity index (χ3n) is 2.49. The van der Waals surface area contributed by atoms with Gasteiger partial charge in [-0.25, -0.2) is 0 Å². The molecule has 5 heteroatoms. The van der Waals surface area contributed by atoms with E-state index in [4.69, 9.17) is 0 Å². The fourth-order valence-corrected chi connectivity index (χ4v) is 1.50. The van der Waals surface area contributed by atoms with Crippen molar-refractivity contribution in [1.82, 2.24) is 15.5 Å². The van der Waals surface area contributed by atoms with Crippen molar-refractivity contribution in [3.63, 3.8) is 0 Å². The van der Waals surface area contributed by atoms with Crippen LogP contribution in [0.3, 0.4) is 0 Å². The minimum Gasteiger partial charge on any atom is -0.358 e. The molecule has 0 aliphatic heterocycles. The molecule has 1 aliphatic rings. The van der Waals surface area contributed by atoms with Gasteiger partial charge in [0.15, 0.2) is 0 Å². The van der Waals surface area contributed by atoms with E-state index in [0.29, 0.717) is 6.04 Å². The van der Waals surface area contributed by atoms with Crippen molar-refractivity contribution in [2.24, 2.45) is 0 Å². The fraction of sp³-hybridized carbons (Fsp3) is 0.800. The van der Waals surface area contributed by atoms with Crippen molar-refractivity contribution in [3.8, 4) is 0 Å². The Hall–Kier alpha value is -1.10. The van der Waals surface area contributed by atoms with Crippen molar-refractivity contribution in [2.45, 2.75) is 25.8 Å². The molecule has 0 aromatic rings. The highest BCUT2D eigenvalue weighted by Crippen LogP contribution is 2.26. The number of nitrogens with one attached hydrogen (secondary N) is 2. The molecule has 86 valence electrons. The molecule has 0 heterocycles. The van der Waals surface area contributed by atoms with Gasteiger partial charge in [0, 0.05) is 19.6 Å². The standard InChI is InChI=1S/C10H19N3O2/c1-3-13(8-4-5-8)10(15)7-12-6-9(14)11-2/h8,12H,3-7H2,1-2H3,(H,11,14). The number of amides is 2. The normalized spacial score (nSPS) is 14.8. The third-order valence-corrected chi connectivity index (χ3v) is 2.49. The summed E-state index contributed by atoms with van der Waals surface area (Å²) in [6.07, 6.45) is 2.24. The Balaban J connectivity index is 2.19. The van der Waals surface area contributed by atoms with Crippen LogP contribution in [0.25, 0.3) is 0 Å². The number of carbonyl (C=O) groups excluding carboxylic acids is 2. The van der Waals surface area contributed by atoms with Gasteiger partial charge in [-0.15, -0.1) is 0 Å². The zero-order valence-corrected chi connectivity index (χ0v) is 9.38. The monoisotopic (exact) mass is 213 g/mol. The fourth-order valence-electron chi connectivity index (χ4n) is 1.50. The quantitative estimate of drug-likeness (QED) is 0.615. The van der Waals surface area contributed by atoms with Crippen LogP contribution in [0.15, 0.2) is 0 Å². The largest absolute Gasteiger partial charge is 0.358 e.